The van der Waals surface area contributed by atoms with E-state index < -0.39 is 19.6 Å². The zero-order valence-corrected chi connectivity index (χ0v) is 15.9. The Morgan fingerprint density at radius 3 is 2.71 bits per heavy atom. The Morgan fingerprint density at radius 1 is 1.57 bits per heavy atom. The van der Waals surface area contributed by atoms with Crippen LogP contribution in [-0.4, -0.2) is 35.6 Å². The zero-order valence-electron chi connectivity index (χ0n) is 11.6. The number of hydrogen-bond donors (Lipinski definition) is 1. The number of rotatable bonds is 11. The monoisotopic (exact) mass is 396 g/mol. The average molecular weight is 396 g/mol. The van der Waals surface area contributed by atoms with Gasteiger partial charge in [0.15, 0.2) is 11.9 Å². The van der Waals surface area contributed by atoms with E-state index in [1.165, 1.54) is 7.11 Å². The fourth-order valence-electron chi connectivity index (χ4n) is 1.15. The van der Waals surface area contributed by atoms with Gasteiger partial charge in [-0.05, 0) is 19.8 Å². The van der Waals surface area contributed by atoms with Gasteiger partial charge in [-0.15, -0.1) is 0 Å². The topological polar surface area (TPSA) is 105 Å². The molecule has 126 valence electrons. The van der Waals surface area contributed by atoms with Crippen LogP contribution in [0.25, 0.3) is 0 Å². The van der Waals surface area contributed by atoms with E-state index >= 15 is 0 Å². The van der Waals surface area contributed by atoms with E-state index in [0.29, 0.717) is 18.6 Å². The van der Waals surface area contributed by atoms with Crippen LogP contribution in [0.1, 0.15) is 26.2 Å². The maximum Gasteiger partial charge on any atom is 0.197 e. The number of thioether (sulfide) groups is 1. The van der Waals surface area contributed by atoms with E-state index in [4.69, 9.17) is 9.42 Å². The van der Waals surface area contributed by atoms with Gasteiger partial charge in [0.25, 0.3) is 0 Å². The van der Waals surface area contributed by atoms with Crippen LogP contribution in [0.4, 0.5) is 0 Å². The molecular formula is C9H18O7P2S3-2. The van der Waals surface area contributed by atoms with Crippen LogP contribution < -0.4 is 4.89 Å². The molecule has 0 aromatic rings. The second kappa shape index (κ2) is 10.8. The van der Waals surface area contributed by atoms with Crippen LogP contribution in [0, 0.1) is 0 Å². The van der Waals surface area contributed by atoms with Crippen LogP contribution in [0.2, 0.25) is 0 Å². The van der Waals surface area contributed by atoms with Gasteiger partial charge >= 0.3 is 0 Å². The highest BCUT2D eigenvalue weighted by Crippen LogP contribution is 2.40. The summed E-state index contributed by atoms with van der Waals surface area (Å²) < 4.78 is 24.8. The van der Waals surface area contributed by atoms with Gasteiger partial charge in [0.2, 0.25) is 0 Å². The molecule has 0 aliphatic rings. The van der Waals surface area contributed by atoms with Crippen molar-refractivity contribution < 1.29 is 32.7 Å². The third-order valence-electron chi connectivity index (χ3n) is 2.09. The van der Waals surface area contributed by atoms with E-state index in [-0.39, 0.29) is 18.1 Å². The number of carbonyl (C=O) groups is 1. The predicted molar refractivity (Wildman–Crippen MR) is 86.3 cm³/mol. The lowest BCUT2D eigenvalue weighted by molar-refractivity contribution is -0.204. The Balaban J connectivity index is 3.68. The van der Waals surface area contributed by atoms with Gasteiger partial charge in [-0.1, -0.05) is 23.6 Å². The third kappa shape index (κ3) is 14.4. The van der Waals surface area contributed by atoms with Crippen molar-refractivity contribution in [2.45, 2.75) is 32.3 Å². The molecule has 0 bridgehead atoms. The Labute approximate surface area is 139 Å². The first-order valence-electron chi connectivity index (χ1n) is 5.95. The second-order valence-electron chi connectivity index (χ2n) is 3.96. The van der Waals surface area contributed by atoms with E-state index in [2.05, 4.69) is 33.1 Å². The molecule has 0 spiro atoms. The van der Waals surface area contributed by atoms with Crippen molar-refractivity contribution in [3.63, 3.8) is 0 Å². The molecule has 21 heavy (non-hydrogen) atoms. The Hall–Kier alpha value is 1.05. The third-order valence-corrected chi connectivity index (χ3v) is 5.71. The van der Waals surface area contributed by atoms with Gasteiger partial charge < -0.3 is 35.6 Å². The summed E-state index contributed by atoms with van der Waals surface area (Å²) in [5.74, 6) is 0.493. The van der Waals surface area contributed by atoms with E-state index in [0.717, 1.165) is 11.8 Å². The highest BCUT2D eigenvalue weighted by Gasteiger charge is 2.11. The summed E-state index contributed by atoms with van der Waals surface area (Å²) >= 11 is 9.85. The fraction of sp³-hybridized carbons (Fsp3) is 0.889. The molecule has 7 nitrogen and oxygen atoms in total. The molecule has 1 N–H and O–H groups in total. The standard InChI is InChI=1S/C9H20O7P2S3/c1-8(16-17(11,12)19)4-5-9(10)21-7-3-6-15-18(13,20)14-2/h8H,3-7H2,1-2H3,(H,13,20)(H2,11,12,19)/p-2. The lowest BCUT2D eigenvalue weighted by atomic mass is 10.2. The summed E-state index contributed by atoms with van der Waals surface area (Å²) in [5, 5.41) is -0.0733. The van der Waals surface area contributed by atoms with Gasteiger partial charge in [0.1, 0.15) is 6.72 Å². The Bertz CT molecular complexity index is 414. The highest BCUT2D eigenvalue weighted by molar-refractivity contribution is 8.31. The van der Waals surface area contributed by atoms with Crippen molar-refractivity contribution in [1.29, 1.82) is 0 Å². The van der Waals surface area contributed by atoms with Crippen molar-refractivity contribution in [1.82, 2.24) is 0 Å². The van der Waals surface area contributed by atoms with Gasteiger partial charge in [-0.25, -0.2) is 0 Å². The van der Waals surface area contributed by atoms with Crippen molar-refractivity contribution >= 4 is 54.4 Å². The molecule has 0 saturated heterocycles. The number of hydrogen-bond acceptors (Lipinski definition) is 9. The molecular weight excluding hydrogens is 378 g/mol. The molecule has 0 rings (SSSR count). The van der Waals surface area contributed by atoms with Crippen LogP contribution >= 0.6 is 25.3 Å². The first-order valence-corrected chi connectivity index (χ1v) is 12.1. The largest absolute Gasteiger partial charge is 0.780 e. The quantitative estimate of drug-likeness (QED) is 0.315. The van der Waals surface area contributed by atoms with E-state index in [1.807, 2.05) is 0 Å². The lowest BCUT2D eigenvalue weighted by Gasteiger charge is -2.24. The summed E-state index contributed by atoms with van der Waals surface area (Å²) in [4.78, 5) is 31.6. The van der Waals surface area contributed by atoms with Crippen LogP contribution in [-0.2, 0) is 47.0 Å². The molecule has 0 fully saturated rings. The first-order chi connectivity index (χ1) is 9.56. The minimum Gasteiger partial charge on any atom is -0.780 e. The van der Waals surface area contributed by atoms with Gasteiger partial charge in [0.05, 0.1) is 12.7 Å². The molecule has 3 atom stereocenters. The smallest absolute Gasteiger partial charge is 0.197 e. The average Bonchev–Trinajstić information content (AvgIpc) is 2.34. The van der Waals surface area contributed by atoms with Gasteiger partial charge in [-0.3, -0.25) is 9.36 Å². The Morgan fingerprint density at radius 2 is 2.19 bits per heavy atom. The summed E-state index contributed by atoms with van der Waals surface area (Å²) in [6, 6.07) is 0. The second-order valence-corrected chi connectivity index (χ2v) is 10.5. The molecule has 3 unspecified atom stereocenters. The van der Waals surface area contributed by atoms with Crippen LogP contribution in [0.15, 0.2) is 0 Å². The van der Waals surface area contributed by atoms with E-state index in [9.17, 15) is 14.3 Å². The highest BCUT2D eigenvalue weighted by atomic mass is 32.7. The zero-order chi connectivity index (χ0) is 16.5. The summed E-state index contributed by atoms with van der Waals surface area (Å²) in [5.41, 5.74) is 0. The molecule has 0 aliphatic carbocycles. The first kappa shape index (κ1) is 22.1. The summed E-state index contributed by atoms with van der Waals surface area (Å²) in [7, 11) is 1.21. The molecule has 0 aromatic heterocycles. The summed E-state index contributed by atoms with van der Waals surface area (Å²) in [6.07, 6.45) is 0.470. The normalized spacial score (nSPS) is 18.7. The van der Waals surface area contributed by atoms with Crippen LogP contribution in [0.5, 0.6) is 0 Å². The SMILES string of the molecule is COP([O-])(=S)OCCCSC(=O)CCC(C)OP(=O)(O)[S-]. The molecule has 0 aliphatic heterocycles. The van der Waals surface area contributed by atoms with Gasteiger partial charge in [-0.2, -0.15) is 0 Å². The van der Waals surface area contributed by atoms with Gasteiger partial charge in [0, 0.05) is 19.3 Å². The summed E-state index contributed by atoms with van der Waals surface area (Å²) in [6.45, 7) is -5.57. The van der Waals surface area contributed by atoms with Crippen LogP contribution in [0.3, 0.4) is 0 Å². The van der Waals surface area contributed by atoms with Crippen molar-refractivity contribution in [2.75, 3.05) is 19.5 Å². The van der Waals surface area contributed by atoms with E-state index in [1.54, 1.807) is 6.92 Å². The maximum absolute atomic E-state index is 11.5. The molecule has 0 radical (unpaired) electrons. The fourth-order valence-corrected chi connectivity index (χ4v) is 3.58. The molecule has 0 amide bonds. The van der Waals surface area contributed by atoms with Crippen molar-refractivity contribution in [2.24, 2.45) is 0 Å². The maximum atomic E-state index is 11.5. The molecule has 0 heterocycles. The molecule has 0 aromatic carbocycles. The lowest BCUT2D eigenvalue weighted by Crippen LogP contribution is -2.09. The van der Waals surface area contributed by atoms with Crippen molar-refractivity contribution in [3.05, 3.63) is 0 Å². The minimum absolute atomic E-state index is 0.0733. The minimum atomic E-state index is -3.93. The predicted octanol–water partition coefficient (Wildman–Crippen LogP) is 1.72. The molecule has 0 saturated carbocycles. The number of carbonyl (C=O) groups excluding carboxylic acids is 1. The Kier molecular flexibility index (Phi) is 11.3. The van der Waals surface area contributed by atoms with Crippen molar-refractivity contribution in [3.8, 4) is 0 Å². The molecule has 12 heteroatoms.